The van der Waals surface area contributed by atoms with Crippen molar-refractivity contribution in [2.45, 2.75) is 39.2 Å². The number of hydrogen-bond acceptors (Lipinski definition) is 7. The van der Waals surface area contributed by atoms with Crippen molar-refractivity contribution in [2.75, 3.05) is 19.1 Å². The van der Waals surface area contributed by atoms with Gasteiger partial charge in [-0.05, 0) is 61.7 Å². The molecule has 0 aliphatic heterocycles. The zero-order valence-corrected chi connectivity index (χ0v) is 23.0. The van der Waals surface area contributed by atoms with Crippen LogP contribution in [-0.4, -0.2) is 49.7 Å². The predicted octanol–water partition coefficient (Wildman–Crippen LogP) is 5.98. The van der Waals surface area contributed by atoms with Crippen molar-refractivity contribution in [1.29, 1.82) is 0 Å². The molecule has 3 aromatic carbocycles. The molecule has 0 heterocycles. The van der Waals surface area contributed by atoms with Gasteiger partial charge in [0.2, 0.25) is 0 Å². The summed E-state index contributed by atoms with van der Waals surface area (Å²) in [7, 11) is 2.09. The fraction of sp³-hybridized carbons (Fsp3) is 0.267. The molecular formula is C30H28F3NO7. The van der Waals surface area contributed by atoms with E-state index < -0.39 is 35.6 Å². The van der Waals surface area contributed by atoms with Crippen LogP contribution in [0.15, 0.2) is 66.7 Å². The predicted molar refractivity (Wildman–Crippen MR) is 143 cm³/mol. The van der Waals surface area contributed by atoms with Gasteiger partial charge in [-0.15, -0.1) is 0 Å². The van der Waals surface area contributed by atoms with Crippen LogP contribution in [0.5, 0.6) is 0 Å². The van der Waals surface area contributed by atoms with Gasteiger partial charge in [0.05, 0.1) is 23.8 Å². The molecule has 3 aromatic rings. The fourth-order valence-electron chi connectivity index (χ4n) is 3.78. The molecule has 0 saturated carbocycles. The van der Waals surface area contributed by atoms with E-state index in [0.717, 1.165) is 13.1 Å². The topological polar surface area (TPSA) is 99.2 Å². The summed E-state index contributed by atoms with van der Waals surface area (Å²) < 4.78 is 55.1. The summed E-state index contributed by atoms with van der Waals surface area (Å²) in [6.07, 6.45) is -5.16. The first-order valence-corrected chi connectivity index (χ1v) is 12.3. The molecule has 0 atom stereocenters. The number of carbonyl (C=O) groups is 4. The summed E-state index contributed by atoms with van der Waals surface area (Å²) in [5, 5.41) is 0. The molecule has 0 spiro atoms. The summed E-state index contributed by atoms with van der Waals surface area (Å²) >= 11 is 0. The zero-order valence-electron chi connectivity index (χ0n) is 23.0. The molecular weight excluding hydrogens is 543 g/mol. The maximum absolute atomic E-state index is 13.3. The number of rotatable bonds is 7. The van der Waals surface area contributed by atoms with Gasteiger partial charge in [-0.1, -0.05) is 42.5 Å². The standard InChI is InChI=1S/C30H28F3NO7/c1-29(2,3)41-27(37)23-15-19(25(35)39-5)11-13-21(23)22-14-12-20(34(4)28(38)30(31,32)33)16-24(22)26(36)40-17-18-9-7-6-8-10-18/h6-16H,17H2,1-5H3. The molecule has 0 aliphatic rings. The number of benzene rings is 3. The van der Waals surface area contributed by atoms with Crippen molar-refractivity contribution in [2.24, 2.45) is 0 Å². The summed E-state index contributed by atoms with van der Waals surface area (Å²) in [4.78, 5) is 51.0. The zero-order chi connectivity index (χ0) is 30.5. The first kappa shape index (κ1) is 30.9. The fourth-order valence-corrected chi connectivity index (χ4v) is 3.78. The molecule has 8 nitrogen and oxygen atoms in total. The minimum Gasteiger partial charge on any atom is -0.465 e. The Bertz CT molecular complexity index is 1460. The van der Waals surface area contributed by atoms with Gasteiger partial charge in [0.15, 0.2) is 0 Å². The Hall–Kier alpha value is -4.67. The summed E-state index contributed by atoms with van der Waals surface area (Å²) in [6.45, 7) is 4.77. The van der Waals surface area contributed by atoms with Gasteiger partial charge in [-0.2, -0.15) is 13.2 Å². The van der Waals surface area contributed by atoms with E-state index in [9.17, 15) is 32.3 Å². The molecule has 0 radical (unpaired) electrons. The van der Waals surface area contributed by atoms with Crippen LogP contribution in [0.25, 0.3) is 11.1 Å². The van der Waals surface area contributed by atoms with Crippen LogP contribution in [0, 0.1) is 0 Å². The van der Waals surface area contributed by atoms with Gasteiger partial charge < -0.3 is 19.1 Å². The summed E-state index contributed by atoms with van der Waals surface area (Å²) in [6, 6.07) is 16.2. The van der Waals surface area contributed by atoms with Gasteiger partial charge in [0, 0.05) is 12.7 Å². The lowest BCUT2D eigenvalue weighted by Gasteiger charge is -2.23. The van der Waals surface area contributed by atoms with Crippen LogP contribution >= 0.6 is 0 Å². The molecule has 0 bridgehead atoms. The second-order valence-corrected chi connectivity index (χ2v) is 9.91. The lowest BCUT2D eigenvalue weighted by molar-refractivity contribution is -0.170. The van der Waals surface area contributed by atoms with E-state index in [0.29, 0.717) is 10.5 Å². The lowest BCUT2D eigenvalue weighted by atomic mass is 9.93. The lowest BCUT2D eigenvalue weighted by Crippen LogP contribution is -2.38. The van der Waals surface area contributed by atoms with Crippen molar-refractivity contribution >= 4 is 29.5 Å². The van der Waals surface area contributed by atoms with Crippen molar-refractivity contribution < 1.29 is 46.6 Å². The molecule has 0 aromatic heterocycles. The Morgan fingerprint density at radius 1 is 0.780 bits per heavy atom. The maximum Gasteiger partial charge on any atom is 0.471 e. The van der Waals surface area contributed by atoms with Crippen LogP contribution in [0.4, 0.5) is 18.9 Å². The summed E-state index contributed by atoms with van der Waals surface area (Å²) in [5.41, 5.74) is -0.586. The average Bonchev–Trinajstić information content (AvgIpc) is 2.93. The van der Waals surface area contributed by atoms with Crippen molar-refractivity contribution in [3.05, 3.63) is 89.0 Å². The molecule has 11 heteroatoms. The number of hydrogen-bond donors (Lipinski definition) is 0. The van der Waals surface area contributed by atoms with Crippen molar-refractivity contribution in [3.8, 4) is 11.1 Å². The Labute approximate surface area is 234 Å². The molecule has 0 unspecified atom stereocenters. The van der Waals surface area contributed by atoms with E-state index in [1.165, 1.54) is 37.4 Å². The third-order valence-corrected chi connectivity index (χ3v) is 5.72. The molecule has 3 rings (SSSR count). The SMILES string of the molecule is COC(=O)c1ccc(-c2ccc(N(C)C(=O)C(F)(F)F)cc2C(=O)OCc2ccccc2)c(C(=O)OC(C)(C)C)c1. The first-order chi connectivity index (χ1) is 19.1. The third kappa shape index (κ3) is 7.71. The third-order valence-electron chi connectivity index (χ3n) is 5.72. The van der Waals surface area contributed by atoms with Gasteiger partial charge >= 0.3 is 30.0 Å². The minimum absolute atomic E-state index is 0.0254. The van der Waals surface area contributed by atoms with E-state index in [1.54, 1.807) is 51.1 Å². The Morgan fingerprint density at radius 2 is 1.37 bits per heavy atom. The highest BCUT2D eigenvalue weighted by Crippen LogP contribution is 2.34. The highest BCUT2D eigenvalue weighted by Gasteiger charge is 2.42. The number of carbonyl (C=O) groups excluding carboxylic acids is 4. The number of nitrogens with zero attached hydrogens (tertiary/aromatic N) is 1. The van der Waals surface area contributed by atoms with Crippen LogP contribution in [0.2, 0.25) is 0 Å². The molecule has 0 N–H and O–H groups in total. The molecule has 1 amide bonds. The number of ether oxygens (including phenoxy) is 3. The van der Waals surface area contributed by atoms with Crippen LogP contribution < -0.4 is 4.90 Å². The largest absolute Gasteiger partial charge is 0.471 e. The highest BCUT2D eigenvalue weighted by atomic mass is 19.4. The molecule has 0 saturated heterocycles. The Balaban J connectivity index is 2.19. The van der Waals surface area contributed by atoms with E-state index in [4.69, 9.17) is 14.2 Å². The smallest absolute Gasteiger partial charge is 0.465 e. The monoisotopic (exact) mass is 571 g/mol. The quantitative estimate of drug-likeness (QED) is 0.254. The van der Waals surface area contributed by atoms with Crippen LogP contribution in [0.1, 0.15) is 57.4 Å². The van der Waals surface area contributed by atoms with E-state index in [2.05, 4.69) is 0 Å². The normalized spacial score (nSPS) is 11.4. The Morgan fingerprint density at radius 3 is 1.93 bits per heavy atom. The van der Waals surface area contributed by atoms with Crippen LogP contribution in [-0.2, 0) is 25.6 Å². The van der Waals surface area contributed by atoms with E-state index in [-0.39, 0.29) is 40.1 Å². The first-order valence-electron chi connectivity index (χ1n) is 12.3. The van der Waals surface area contributed by atoms with Gasteiger partial charge in [0.1, 0.15) is 12.2 Å². The van der Waals surface area contributed by atoms with Gasteiger partial charge in [-0.25, -0.2) is 14.4 Å². The van der Waals surface area contributed by atoms with Crippen molar-refractivity contribution in [1.82, 2.24) is 0 Å². The minimum atomic E-state index is -5.16. The second-order valence-electron chi connectivity index (χ2n) is 9.91. The van der Waals surface area contributed by atoms with Crippen LogP contribution in [0.3, 0.4) is 0 Å². The molecule has 216 valence electrons. The summed E-state index contributed by atoms with van der Waals surface area (Å²) in [5.74, 6) is -4.63. The molecule has 0 aliphatic carbocycles. The van der Waals surface area contributed by atoms with Gasteiger partial charge in [-0.3, -0.25) is 4.79 Å². The molecule has 41 heavy (non-hydrogen) atoms. The number of methoxy groups -OCH3 is 1. The Kier molecular flexibility index (Phi) is 9.21. The number of halogens is 3. The maximum atomic E-state index is 13.3. The number of esters is 3. The number of anilines is 1. The highest BCUT2D eigenvalue weighted by molar-refractivity contribution is 6.06. The second kappa shape index (κ2) is 12.2. The van der Waals surface area contributed by atoms with Crippen molar-refractivity contribution in [3.63, 3.8) is 0 Å². The average molecular weight is 572 g/mol. The van der Waals surface area contributed by atoms with Gasteiger partial charge in [0.25, 0.3) is 0 Å². The van der Waals surface area contributed by atoms with E-state index in [1.807, 2.05) is 0 Å². The van der Waals surface area contributed by atoms with E-state index >= 15 is 0 Å². The molecule has 0 fully saturated rings. The number of alkyl halides is 3. The number of amides is 1.